The number of carbonyl (C=O) groups is 2. The van der Waals surface area contributed by atoms with E-state index in [4.69, 9.17) is 0 Å². The first-order valence-electron chi connectivity index (χ1n) is 8.69. The Morgan fingerprint density at radius 2 is 1.89 bits per heavy atom. The van der Waals surface area contributed by atoms with Crippen molar-refractivity contribution in [2.45, 2.75) is 40.5 Å². The summed E-state index contributed by atoms with van der Waals surface area (Å²) in [6, 6.07) is 5.54. The van der Waals surface area contributed by atoms with Crippen LogP contribution >= 0.6 is 0 Å². The van der Waals surface area contributed by atoms with Crippen molar-refractivity contribution in [3.8, 4) is 0 Å². The second-order valence-electron chi connectivity index (χ2n) is 6.55. The Morgan fingerprint density at radius 3 is 2.63 bits per heavy atom. The molecule has 0 unspecified atom stereocenters. The monoisotopic (exact) mass is 366 g/mol. The van der Waals surface area contributed by atoms with Gasteiger partial charge in [0.25, 0.3) is 11.7 Å². The Morgan fingerprint density at radius 1 is 1.11 bits per heavy atom. The molecule has 8 heteroatoms. The van der Waals surface area contributed by atoms with Crippen LogP contribution in [0.1, 0.15) is 44.9 Å². The Hall–Kier alpha value is -3.29. The summed E-state index contributed by atoms with van der Waals surface area (Å²) in [6.45, 7) is 7.64. The lowest BCUT2D eigenvalue weighted by atomic mass is 10.1. The molecule has 2 heterocycles. The lowest BCUT2D eigenvalue weighted by molar-refractivity contribution is -0.121. The Bertz CT molecular complexity index is 1020. The molecule has 0 atom stereocenters. The molecule has 0 saturated carbocycles. The molecule has 2 aromatic heterocycles. The van der Waals surface area contributed by atoms with Crippen LogP contribution in [0.2, 0.25) is 0 Å². The maximum absolute atomic E-state index is 12.2. The fraction of sp³-hybridized carbons (Fsp3) is 0.316. The first-order chi connectivity index (χ1) is 12.9. The molecular formula is C19H22N6O2. The Labute approximate surface area is 157 Å². The molecule has 0 aliphatic rings. The van der Waals surface area contributed by atoms with E-state index in [1.54, 1.807) is 10.6 Å². The summed E-state index contributed by atoms with van der Waals surface area (Å²) in [5.74, 6) is -0.0663. The summed E-state index contributed by atoms with van der Waals surface area (Å²) in [5, 5.41) is 4.14. The highest BCUT2D eigenvalue weighted by molar-refractivity contribution is 5.96. The van der Waals surface area contributed by atoms with Gasteiger partial charge in [-0.1, -0.05) is 17.7 Å². The maximum Gasteiger partial charge on any atom is 0.269 e. The number of hydrazine groups is 1. The quantitative estimate of drug-likeness (QED) is 0.685. The number of nitrogens with one attached hydrogen (secondary N) is 2. The summed E-state index contributed by atoms with van der Waals surface area (Å²) < 4.78 is 1.65. The number of hydrogen-bond acceptors (Lipinski definition) is 5. The highest BCUT2D eigenvalue weighted by Crippen LogP contribution is 2.15. The van der Waals surface area contributed by atoms with Crippen molar-refractivity contribution >= 4 is 17.6 Å². The molecular weight excluding hydrogens is 344 g/mol. The van der Waals surface area contributed by atoms with Crippen LogP contribution in [0.15, 0.2) is 24.5 Å². The molecule has 0 radical (unpaired) electrons. The minimum atomic E-state index is -0.334. The molecule has 0 fully saturated rings. The molecule has 2 amide bonds. The zero-order valence-corrected chi connectivity index (χ0v) is 15.8. The smallest absolute Gasteiger partial charge is 0.269 e. The van der Waals surface area contributed by atoms with Crippen LogP contribution in [0, 0.1) is 27.7 Å². The first-order valence-corrected chi connectivity index (χ1v) is 8.69. The van der Waals surface area contributed by atoms with Crippen molar-refractivity contribution in [3.63, 3.8) is 0 Å². The van der Waals surface area contributed by atoms with Crippen LogP contribution in [0.25, 0.3) is 5.78 Å². The zero-order chi connectivity index (χ0) is 19.6. The minimum Gasteiger partial charge on any atom is -0.273 e. The highest BCUT2D eigenvalue weighted by atomic mass is 16.2. The van der Waals surface area contributed by atoms with Gasteiger partial charge < -0.3 is 0 Å². The summed E-state index contributed by atoms with van der Waals surface area (Å²) in [4.78, 5) is 32.8. The van der Waals surface area contributed by atoms with E-state index in [9.17, 15) is 9.59 Å². The third kappa shape index (κ3) is 3.94. The van der Waals surface area contributed by atoms with E-state index in [2.05, 4.69) is 25.9 Å². The van der Waals surface area contributed by atoms with Crippen molar-refractivity contribution in [1.82, 2.24) is 30.4 Å². The number of nitrogens with zero attached hydrogens (tertiary/aromatic N) is 4. The molecule has 0 aliphatic heterocycles. The van der Waals surface area contributed by atoms with Crippen LogP contribution < -0.4 is 10.9 Å². The van der Waals surface area contributed by atoms with Gasteiger partial charge in [-0.05, 0) is 51.3 Å². The second-order valence-corrected chi connectivity index (χ2v) is 6.55. The molecule has 3 aromatic rings. The van der Waals surface area contributed by atoms with Crippen molar-refractivity contribution < 1.29 is 9.59 Å². The van der Waals surface area contributed by atoms with Gasteiger partial charge in [0.1, 0.15) is 6.33 Å². The number of rotatable bonds is 4. The van der Waals surface area contributed by atoms with E-state index in [1.807, 2.05) is 39.8 Å². The Kier molecular flexibility index (Phi) is 5.16. The van der Waals surface area contributed by atoms with Gasteiger partial charge in [0.2, 0.25) is 5.91 Å². The number of fused-ring (bicyclic) bond motifs is 1. The van der Waals surface area contributed by atoms with E-state index in [0.717, 1.165) is 28.1 Å². The molecule has 1 aromatic carbocycles. The number of benzene rings is 1. The second kappa shape index (κ2) is 7.53. The molecule has 27 heavy (non-hydrogen) atoms. The van der Waals surface area contributed by atoms with E-state index < -0.39 is 0 Å². The molecule has 0 saturated heterocycles. The number of amides is 2. The van der Waals surface area contributed by atoms with Gasteiger partial charge in [0, 0.05) is 23.4 Å². The zero-order valence-electron chi connectivity index (χ0n) is 15.8. The summed E-state index contributed by atoms with van der Waals surface area (Å²) in [5.41, 5.74) is 10.1. The van der Waals surface area contributed by atoms with Gasteiger partial charge in [0.05, 0.1) is 0 Å². The molecule has 0 spiro atoms. The summed E-state index contributed by atoms with van der Waals surface area (Å²) >= 11 is 0. The summed E-state index contributed by atoms with van der Waals surface area (Å²) in [7, 11) is 0. The van der Waals surface area contributed by atoms with Crippen molar-refractivity contribution in [2.75, 3.05) is 0 Å². The van der Waals surface area contributed by atoms with Gasteiger partial charge in [-0.3, -0.25) is 20.4 Å². The highest BCUT2D eigenvalue weighted by Gasteiger charge is 2.14. The predicted octanol–water partition coefficient (Wildman–Crippen LogP) is 1.75. The van der Waals surface area contributed by atoms with Crippen LogP contribution in [0.5, 0.6) is 0 Å². The number of aromatic nitrogens is 4. The van der Waals surface area contributed by atoms with Gasteiger partial charge in [0.15, 0.2) is 0 Å². The molecule has 140 valence electrons. The molecule has 0 bridgehead atoms. The third-order valence-corrected chi connectivity index (χ3v) is 4.53. The topological polar surface area (TPSA) is 101 Å². The average Bonchev–Trinajstić information content (AvgIpc) is 3.08. The van der Waals surface area contributed by atoms with Crippen molar-refractivity contribution in [1.29, 1.82) is 0 Å². The van der Waals surface area contributed by atoms with Crippen molar-refractivity contribution in [3.05, 3.63) is 58.2 Å². The summed E-state index contributed by atoms with van der Waals surface area (Å²) in [6.07, 6.45) is 2.16. The van der Waals surface area contributed by atoms with E-state index >= 15 is 0 Å². The Balaban J connectivity index is 1.59. The number of carbonyl (C=O) groups excluding carboxylic acids is 2. The molecule has 2 N–H and O–H groups in total. The SMILES string of the molecule is Cc1ccc(C(=O)NNC(=O)CCc2c(C)nc3ncnn3c2C)c(C)c1. The van der Waals surface area contributed by atoms with E-state index in [1.165, 1.54) is 6.33 Å². The van der Waals surface area contributed by atoms with Gasteiger partial charge in [-0.15, -0.1) is 0 Å². The standard InChI is InChI=1S/C19H22N6O2/c1-11-5-6-15(12(2)9-11)18(27)24-23-17(26)8-7-16-13(3)22-19-20-10-21-25(19)14(16)4/h5-6,9-10H,7-8H2,1-4H3,(H,23,26)(H,24,27). The molecule has 3 rings (SSSR count). The lowest BCUT2D eigenvalue weighted by Gasteiger charge is -2.12. The van der Waals surface area contributed by atoms with Gasteiger partial charge >= 0.3 is 0 Å². The fourth-order valence-corrected chi connectivity index (χ4v) is 3.08. The van der Waals surface area contributed by atoms with Crippen LogP contribution in [-0.4, -0.2) is 31.4 Å². The van der Waals surface area contributed by atoms with Crippen LogP contribution in [-0.2, 0) is 11.2 Å². The van der Waals surface area contributed by atoms with Crippen molar-refractivity contribution in [2.24, 2.45) is 0 Å². The molecule has 8 nitrogen and oxygen atoms in total. The first kappa shape index (κ1) is 18.5. The number of hydrogen-bond donors (Lipinski definition) is 2. The fourth-order valence-electron chi connectivity index (χ4n) is 3.08. The van der Waals surface area contributed by atoms with Gasteiger partial charge in [-0.25, -0.2) is 9.50 Å². The van der Waals surface area contributed by atoms with Crippen LogP contribution in [0.4, 0.5) is 0 Å². The minimum absolute atomic E-state index is 0.219. The normalized spacial score (nSPS) is 10.8. The van der Waals surface area contributed by atoms with E-state index in [0.29, 0.717) is 17.8 Å². The largest absolute Gasteiger partial charge is 0.273 e. The van der Waals surface area contributed by atoms with E-state index in [-0.39, 0.29) is 18.2 Å². The van der Waals surface area contributed by atoms with Gasteiger partial charge in [-0.2, -0.15) is 10.1 Å². The van der Waals surface area contributed by atoms with Crippen LogP contribution in [0.3, 0.4) is 0 Å². The maximum atomic E-state index is 12.2. The lowest BCUT2D eigenvalue weighted by Crippen LogP contribution is -2.42. The predicted molar refractivity (Wildman–Crippen MR) is 100 cm³/mol. The third-order valence-electron chi connectivity index (χ3n) is 4.53. The average molecular weight is 366 g/mol. The molecule has 0 aliphatic carbocycles. The number of aryl methyl sites for hydroxylation is 4.